The summed E-state index contributed by atoms with van der Waals surface area (Å²) in [5.74, 6) is 1.35. The monoisotopic (exact) mass is 261 g/mol. The Morgan fingerprint density at radius 1 is 1.42 bits per heavy atom. The minimum atomic E-state index is -0.346. The Hall–Kier alpha value is -1.88. The number of ether oxygens (including phenoxy) is 1. The van der Waals surface area contributed by atoms with Crippen molar-refractivity contribution in [3.05, 3.63) is 36.0 Å². The molecule has 100 valence electrons. The molecule has 0 spiro atoms. The lowest BCUT2D eigenvalue weighted by Crippen LogP contribution is -2.40. The summed E-state index contributed by atoms with van der Waals surface area (Å²) in [4.78, 5) is 7.61. The minimum Gasteiger partial charge on any atom is -0.491 e. The molecule has 4 nitrogen and oxygen atoms in total. The van der Waals surface area contributed by atoms with Gasteiger partial charge in [-0.15, -0.1) is 0 Å². The Morgan fingerprint density at radius 3 is 2.89 bits per heavy atom. The van der Waals surface area contributed by atoms with Crippen LogP contribution in [0, 0.1) is 5.82 Å². The highest BCUT2D eigenvalue weighted by Crippen LogP contribution is 2.26. The third-order valence-corrected chi connectivity index (χ3v) is 3.31. The number of aromatic amines is 1. The van der Waals surface area contributed by atoms with Crippen molar-refractivity contribution in [2.24, 2.45) is 0 Å². The van der Waals surface area contributed by atoms with Gasteiger partial charge in [-0.3, -0.25) is 0 Å². The van der Waals surface area contributed by atoms with E-state index in [1.165, 1.54) is 6.07 Å². The third kappa shape index (κ3) is 2.33. The first kappa shape index (κ1) is 12.2. The molecule has 0 amide bonds. The van der Waals surface area contributed by atoms with Crippen molar-refractivity contribution in [1.82, 2.24) is 15.3 Å². The number of H-pyrrole nitrogens is 1. The average molecular weight is 261 g/mol. The highest BCUT2D eigenvalue weighted by Gasteiger charge is 2.22. The highest BCUT2D eigenvalue weighted by atomic mass is 19.1. The number of hydrogen-bond acceptors (Lipinski definition) is 3. The van der Waals surface area contributed by atoms with E-state index in [0.717, 1.165) is 30.2 Å². The summed E-state index contributed by atoms with van der Waals surface area (Å²) >= 11 is 0. The molecule has 0 saturated carbocycles. The molecule has 19 heavy (non-hydrogen) atoms. The molecule has 0 bridgehead atoms. The van der Waals surface area contributed by atoms with E-state index >= 15 is 0 Å². The Morgan fingerprint density at radius 2 is 2.26 bits per heavy atom. The number of nitrogens with one attached hydrogen (secondary N) is 2. The van der Waals surface area contributed by atoms with Gasteiger partial charge in [0.2, 0.25) is 0 Å². The molecule has 1 aliphatic rings. The summed E-state index contributed by atoms with van der Waals surface area (Å²) in [6.07, 6.45) is 1.75. The summed E-state index contributed by atoms with van der Waals surface area (Å²) in [6.45, 7) is 4.19. The molecule has 1 aromatic carbocycles. The maximum absolute atomic E-state index is 13.8. The van der Waals surface area contributed by atoms with E-state index in [1.54, 1.807) is 12.3 Å². The van der Waals surface area contributed by atoms with E-state index in [-0.39, 0.29) is 11.6 Å². The topological polar surface area (TPSA) is 49.9 Å². The Kier molecular flexibility index (Phi) is 3.21. The van der Waals surface area contributed by atoms with Crippen LogP contribution in [0.25, 0.3) is 11.3 Å². The zero-order valence-electron chi connectivity index (χ0n) is 10.7. The smallest absolute Gasteiger partial charge is 0.165 e. The van der Waals surface area contributed by atoms with Gasteiger partial charge in [0.25, 0.3) is 0 Å². The number of benzene rings is 1. The zero-order chi connectivity index (χ0) is 13.2. The standard InChI is InChI=1S/C14H16FN3O/c1-2-19-13-4-3-9(5-11(13)15)12-8-17-14(18-12)10-6-16-7-10/h3-5,8,10,16H,2,6-7H2,1H3,(H,17,18). The van der Waals surface area contributed by atoms with Crippen LogP contribution < -0.4 is 10.1 Å². The van der Waals surface area contributed by atoms with E-state index in [0.29, 0.717) is 12.5 Å². The van der Waals surface area contributed by atoms with Crippen LogP contribution in [0.4, 0.5) is 4.39 Å². The van der Waals surface area contributed by atoms with Crippen molar-refractivity contribution in [1.29, 1.82) is 0 Å². The molecule has 2 heterocycles. The second-order valence-electron chi connectivity index (χ2n) is 4.62. The molecule has 1 saturated heterocycles. The van der Waals surface area contributed by atoms with Crippen molar-refractivity contribution in [2.75, 3.05) is 19.7 Å². The molecule has 0 radical (unpaired) electrons. The molecular formula is C14H16FN3O. The molecule has 1 aromatic heterocycles. The van der Waals surface area contributed by atoms with E-state index in [2.05, 4.69) is 15.3 Å². The second kappa shape index (κ2) is 5.01. The van der Waals surface area contributed by atoms with Gasteiger partial charge in [-0.2, -0.15) is 0 Å². The Bertz CT molecular complexity index is 578. The van der Waals surface area contributed by atoms with Gasteiger partial charge in [-0.1, -0.05) is 0 Å². The normalized spacial score (nSPS) is 15.3. The fraction of sp³-hybridized carbons (Fsp3) is 0.357. The van der Waals surface area contributed by atoms with Gasteiger partial charge in [-0.05, 0) is 25.1 Å². The third-order valence-electron chi connectivity index (χ3n) is 3.31. The van der Waals surface area contributed by atoms with E-state index in [9.17, 15) is 4.39 Å². The number of hydrogen-bond donors (Lipinski definition) is 2. The molecular weight excluding hydrogens is 245 g/mol. The summed E-state index contributed by atoms with van der Waals surface area (Å²) in [5, 5.41) is 3.20. The SMILES string of the molecule is CCOc1ccc(-c2cnc(C3CNC3)[nH]2)cc1F. The van der Waals surface area contributed by atoms with Crippen LogP contribution >= 0.6 is 0 Å². The predicted octanol–water partition coefficient (Wildman–Crippen LogP) is 2.30. The maximum atomic E-state index is 13.8. The summed E-state index contributed by atoms with van der Waals surface area (Å²) < 4.78 is 19.0. The fourth-order valence-corrected chi connectivity index (χ4v) is 2.11. The molecule has 5 heteroatoms. The molecule has 0 atom stereocenters. The number of aromatic nitrogens is 2. The van der Waals surface area contributed by atoms with Crippen LogP contribution in [-0.2, 0) is 0 Å². The lowest BCUT2D eigenvalue weighted by atomic mass is 10.0. The predicted molar refractivity (Wildman–Crippen MR) is 70.8 cm³/mol. The molecule has 1 aliphatic heterocycles. The number of halogens is 1. The van der Waals surface area contributed by atoms with E-state index in [4.69, 9.17) is 4.74 Å². The maximum Gasteiger partial charge on any atom is 0.165 e. The van der Waals surface area contributed by atoms with Gasteiger partial charge in [0.1, 0.15) is 5.82 Å². The lowest BCUT2D eigenvalue weighted by Gasteiger charge is -2.24. The van der Waals surface area contributed by atoms with Crippen LogP contribution in [0.2, 0.25) is 0 Å². The quantitative estimate of drug-likeness (QED) is 0.888. The van der Waals surface area contributed by atoms with Crippen molar-refractivity contribution >= 4 is 0 Å². The fourth-order valence-electron chi connectivity index (χ4n) is 2.11. The van der Waals surface area contributed by atoms with Crippen LogP contribution in [0.15, 0.2) is 24.4 Å². The van der Waals surface area contributed by atoms with Gasteiger partial charge in [-0.25, -0.2) is 9.37 Å². The average Bonchev–Trinajstić information content (AvgIpc) is 2.79. The van der Waals surface area contributed by atoms with Crippen LogP contribution in [0.5, 0.6) is 5.75 Å². The van der Waals surface area contributed by atoms with Crippen molar-refractivity contribution in [2.45, 2.75) is 12.8 Å². The molecule has 2 N–H and O–H groups in total. The Labute approximate surface area is 111 Å². The molecule has 2 aromatic rings. The first-order valence-corrected chi connectivity index (χ1v) is 6.46. The summed E-state index contributed by atoms with van der Waals surface area (Å²) in [6, 6.07) is 4.96. The molecule has 1 fully saturated rings. The highest BCUT2D eigenvalue weighted by molar-refractivity contribution is 5.60. The number of nitrogens with zero attached hydrogens (tertiary/aromatic N) is 1. The summed E-state index contributed by atoms with van der Waals surface area (Å²) in [5.41, 5.74) is 1.62. The molecule has 3 rings (SSSR count). The lowest BCUT2D eigenvalue weighted by molar-refractivity contribution is 0.321. The minimum absolute atomic E-state index is 0.286. The first-order chi connectivity index (χ1) is 9.28. The molecule has 0 unspecified atom stereocenters. The van der Waals surface area contributed by atoms with Crippen LogP contribution in [-0.4, -0.2) is 29.7 Å². The Balaban J connectivity index is 1.85. The first-order valence-electron chi connectivity index (χ1n) is 6.46. The number of imidazole rings is 1. The van der Waals surface area contributed by atoms with Gasteiger partial charge in [0.15, 0.2) is 11.6 Å². The van der Waals surface area contributed by atoms with Crippen LogP contribution in [0.1, 0.15) is 18.7 Å². The van der Waals surface area contributed by atoms with Crippen molar-refractivity contribution < 1.29 is 9.13 Å². The van der Waals surface area contributed by atoms with Gasteiger partial charge < -0.3 is 15.0 Å². The number of rotatable bonds is 4. The van der Waals surface area contributed by atoms with Crippen molar-refractivity contribution in [3.63, 3.8) is 0 Å². The largest absolute Gasteiger partial charge is 0.491 e. The van der Waals surface area contributed by atoms with Crippen molar-refractivity contribution in [3.8, 4) is 17.0 Å². The van der Waals surface area contributed by atoms with E-state index < -0.39 is 0 Å². The summed E-state index contributed by atoms with van der Waals surface area (Å²) in [7, 11) is 0. The second-order valence-corrected chi connectivity index (χ2v) is 4.62. The van der Waals surface area contributed by atoms with E-state index in [1.807, 2.05) is 13.0 Å². The van der Waals surface area contributed by atoms with Gasteiger partial charge in [0, 0.05) is 24.6 Å². The van der Waals surface area contributed by atoms with Gasteiger partial charge in [0.05, 0.1) is 18.5 Å². The van der Waals surface area contributed by atoms with Crippen LogP contribution in [0.3, 0.4) is 0 Å². The molecule has 0 aliphatic carbocycles. The van der Waals surface area contributed by atoms with Gasteiger partial charge >= 0.3 is 0 Å². The zero-order valence-corrected chi connectivity index (χ0v) is 10.7.